The maximum atomic E-state index is 11.6. The first-order valence-electron chi connectivity index (χ1n) is 5.49. The summed E-state index contributed by atoms with van der Waals surface area (Å²) in [4.78, 5) is 15.8. The summed E-state index contributed by atoms with van der Waals surface area (Å²) in [6.07, 6.45) is -0.505. The van der Waals surface area contributed by atoms with Crippen molar-refractivity contribution in [3.05, 3.63) is 18.2 Å². The molecule has 0 spiro atoms. The van der Waals surface area contributed by atoms with Crippen molar-refractivity contribution in [2.45, 2.75) is 26.3 Å². The van der Waals surface area contributed by atoms with Crippen molar-refractivity contribution in [1.29, 1.82) is 0 Å². The van der Waals surface area contributed by atoms with Crippen LogP contribution in [0.1, 0.15) is 20.8 Å². The Hall–Kier alpha value is -1.82. The standard InChI is InChI=1S/C12H15N3O2S/c1-12(2,3)15-10(16)17-11-14-8-5-4-7(13)6-9(8)18-11/h4-6H,13H2,1-3H3,(H,15,16). The molecule has 0 aliphatic heterocycles. The second-order valence-electron chi connectivity index (χ2n) is 4.97. The summed E-state index contributed by atoms with van der Waals surface area (Å²) >= 11 is 1.29. The molecule has 0 bridgehead atoms. The zero-order valence-electron chi connectivity index (χ0n) is 10.5. The zero-order valence-corrected chi connectivity index (χ0v) is 11.3. The van der Waals surface area contributed by atoms with Crippen molar-refractivity contribution >= 4 is 33.3 Å². The summed E-state index contributed by atoms with van der Waals surface area (Å²) in [5.41, 5.74) is 6.78. The maximum Gasteiger partial charge on any atom is 0.414 e. The summed E-state index contributed by atoms with van der Waals surface area (Å²) in [5, 5.41) is 3.02. The van der Waals surface area contributed by atoms with E-state index in [1.54, 1.807) is 12.1 Å². The number of ether oxygens (including phenoxy) is 1. The molecule has 3 N–H and O–H groups in total. The molecule has 0 saturated heterocycles. The summed E-state index contributed by atoms with van der Waals surface area (Å²) in [6.45, 7) is 5.65. The number of hydrogen-bond donors (Lipinski definition) is 2. The third-order valence-corrected chi connectivity index (χ3v) is 2.95. The Morgan fingerprint density at radius 2 is 2.17 bits per heavy atom. The first-order chi connectivity index (χ1) is 8.33. The number of rotatable bonds is 1. The number of aromatic nitrogens is 1. The molecule has 1 aromatic heterocycles. The van der Waals surface area contributed by atoms with Gasteiger partial charge in [0.1, 0.15) is 0 Å². The van der Waals surface area contributed by atoms with Crippen molar-refractivity contribution < 1.29 is 9.53 Å². The molecule has 1 amide bonds. The van der Waals surface area contributed by atoms with E-state index in [1.807, 2.05) is 26.8 Å². The lowest BCUT2D eigenvalue weighted by Crippen LogP contribution is -2.42. The number of amides is 1. The van der Waals surface area contributed by atoms with Crippen molar-refractivity contribution in [1.82, 2.24) is 10.3 Å². The molecule has 1 aromatic carbocycles. The van der Waals surface area contributed by atoms with Gasteiger partial charge in [-0.05, 0) is 39.0 Å². The fourth-order valence-electron chi connectivity index (χ4n) is 1.37. The van der Waals surface area contributed by atoms with E-state index in [4.69, 9.17) is 10.5 Å². The number of carbonyl (C=O) groups excluding carboxylic acids is 1. The molecular formula is C12H15N3O2S. The molecule has 0 radical (unpaired) electrons. The van der Waals surface area contributed by atoms with E-state index in [1.165, 1.54) is 11.3 Å². The summed E-state index contributed by atoms with van der Waals surface area (Å²) in [6, 6.07) is 5.37. The van der Waals surface area contributed by atoms with Crippen LogP contribution in [0.3, 0.4) is 0 Å². The first kappa shape index (κ1) is 12.6. The van der Waals surface area contributed by atoms with Gasteiger partial charge in [-0.3, -0.25) is 0 Å². The molecule has 0 saturated carbocycles. The van der Waals surface area contributed by atoms with Gasteiger partial charge in [-0.2, -0.15) is 0 Å². The van der Waals surface area contributed by atoms with Gasteiger partial charge < -0.3 is 15.8 Å². The van der Waals surface area contributed by atoms with Crippen LogP contribution in [0.15, 0.2) is 18.2 Å². The number of nitrogens with two attached hydrogens (primary N) is 1. The summed E-state index contributed by atoms with van der Waals surface area (Å²) in [7, 11) is 0. The lowest BCUT2D eigenvalue weighted by atomic mass is 10.1. The molecule has 1 heterocycles. The number of carbonyl (C=O) groups is 1. The van der Waals surface area contributed by atoms with E-state index >= 15 is 0 Å². The molecule has 0 fully saturated rings. The van der Waals surface area contributed by atoms with Crippen LogP contribution in [0.4, 0.5) is 10.5 Å². The molecular weight excluding hydrogens is 250 g/mol. The molecule has 2 rings (SSSR count). The molecule has 0 atom stereocenters. The predicted octanol–water partition coefficient (Wildman–Crippen LogP) is 2.77. The topological polar surface area (TPSA) is 77.2 Å². The van der Waals surface area contributed by atoms with Gasteiger partial charge >= 0.3 is 6.09 Å². The smallest absolute Gasteiger partial charge is 0.399 e. The van der Waals surface area contributed by atoms with E-state index in [2.05, 4.69) is 10.3 Å². The maximum absolute atomic E-state index is 11.6. The van der Waals surface area contributed by atoms with Crippen LogP contribution in [0, 0.1) is 0 Å². The predicted molar refractivity (Wildman–Crippen MR) is 72.9 cm³/mol. The molecule has 0 aliphatic carbocycles. The Labute approximate surface area is 109 Å². The van der Waals surface area contributed by atoms with Gasteiger partial charge in [0.15, 0.2) is 0 Å². The molecule has 5 nitrogen and oxygen atoms in total. The van der Waals surface area contributed by atoms with Gasteiger partial charge in [0, 0.05) is 11.2 Å². The van der Waals surface area contributed by atoms with Crippen molar-refractivity contribution in [2.75, 3.05) is 5.73 Å². The summed E-state index contributed by atoms with van der Waals surface area (Å²) < 4.78 is 6.03. The largest absolute Gasteiger partial charge is 0.414 e. The van der Waals surface area contributed by atoms with Gasteiger partial charge in [-0.15, -0.1) is 0 Å². The Bertz CT molecular complexity index is 587. The zero-order chi connectivity index (χ0) is 13.3. The van der Waals surface area contributed by atoms with Crippen LogP contribution in [0.25, 0.3) is 10.2 Å². The number of nitrogen functional groups attached to an aromatic ring is 1. The number of nitrogens with one attached hydrogen (secondary N) is 1. The van der Waals surface area contributed by atoms with E-state index in [0.717, 1.165) is 10.2 Å². The lowest BCUT2D eigenvalue weighted by molar-refractivity contribution is 0.190. The van der Waals surface area contributed by atoms with Gasteiger partial charge in [0.25, 0.3) is 5.19 Å². The number of anilines is 1. The first-order valence-corrected chi connectivity index (χ1v) is 6.31. The van der Waals surface area contributed by atoms with Crippen molar-refractivity contribution in [2.24, 2.45) is 0 Å². The van der Waals surface area contributed by atoms with Crippen molar-refractivity contribution in [3.63, 3.8) is 0 Å². The number of hydrogen-bond acceptors (Lipinski definition) is 5. The van der Waals surface area contributed by atoms with E-state index in [9.17, 15) is 4.79 Å². The van der Waals surface area contributed by atoms with E-state index in [-0.39, 0.29) is 5.54 Å². The highest BCUT2D eigenvalue weighted by atomic mass is 32.1. The third-order valence-electron chi connectivity index (χ3n) is 2.05. The third kappa shape index (κ3) is 3.10. The van der Waals surface area contributed by atoms with E-state index < -0.39 is 6.09 Å². The Kier molecular flexibility index (Phi) is 3.13. The second kappa shape index (κ2) is 4.45. The summed E-state index contributed by atoms with van der Waals surface area (Å²) in [5.74, 6) is 0. The number of nitrogens with zero attached hydrogens (tertiary/aromatic N) is 1. The Morgan fingerprint density at radius 1 is 1.44 bits per heavy atom. The van der Waals surface area contributed by atoms with Gasteiger partial charge in [0.2, 0.25) is 0 Å². The Morgan fingerprint density at radius 3 is 2.83 bits per heavy atom. The molecule has 0 aliphatic rings. The number of fused-ring (bicyclic) bond motifs is 1. The van der Waals surface area contributed by atoms with Crippen LogP contribution in [-0.4, -0.2) is 16.6 Å². The molecule has 96 valence electrons. The Balaban J connectivity index is 2.15. The van der Waals surface area contributed by atoms with Crippen LogP contribution >= 0.6 is 11.3 Å². The van der Waals surface area contributed by atoms with Crippen LogP contribution in [0.5, 0.6) is 5.19 Å². The normalized spacial score (nSPS) is 11.5. The molecule has 2 aromatic rings. The van der Waals surface area contributed by atoms with E-state index in [0.29, 0.717) is 10.9 Å². The van der Waals surface area contributed by atoms with Gasteiger partial charge in [-0.1, -0.05) is 11.3 Å². The average Bonchev–Trinajstić information content (AvgIpc) is 2.55. The fourth-order valence-corrected chi connectivity index (χ4v) is 2.24. The SMILES string of the molecule is CC(C)(C)NC(=O)Oc1nc2ccc(N)cc2s1. The second-order valence-corrected chi connectivity index (χ2v) is 5.96. The number of thiazole rings is 1. The highest BCUT2D eigenvalue weighted by molar-refractivity contribution is 7.20. The van der Waals surface area contributed by atoms with Crippen LogP contribution in [-0.2, 0) is 0 Å². The minimum Gasteiger partial charge on any atom is -0.399 e. The molecule has 6 heteroatoms. The average molecular weight is 265 g/mol. The van der Waals surface area contributed by atoms with Gasteiger partial charge in [0.05, 0.1) is 10.2 Å². The highest BCUT2D eigenvalue weighted by Crippen LogP contribution is 2.29. The number of benzene rings is 1. The van der Waals surface area contributed by atoms with Gasteiger partial charge in [-0.25, -0.2) is 9.78 Å². The van der Waals surface area contributed by atoms with Crippen LogP contribution < -0.4 is 15.8 Å². The highest BCUT2D eigenvalue weighted by Gasteiger charge is 2.16. The molecule has 18 heavy (non-hydrogen) atoms. The quantitative estimate of drug-likeness (QED) is 0.777. The lowest BCUT2D eigenvalue weighted by Gasteiger charge is -2.18. The fraction of sp³-hybridized carbons (Fsp3) is 0.333. The monoisotopic (exact) mass is 265 g/mol. The minimum atomic E-state index is -0.505. The molecule has 0 unspecified atom stereocenters. The van der Waals surface area contributed by atoms with Crippen molar-refractivity contribution in [3.8, 4) is 5.19 Å². The minimum absolute atomic E-state index is 0.317. The van der Waals surface area contributed by atoms with Crippen LogP contribution in [0.2, 0.25) is 0 Å².